The topological polar surface area (TPSA) is 6.48 Å². The van der Waals surface area contributed by atoms with Gasteiger partial charge in [0.1, 0.15) is 0 Å². The summed E-state index contributed by atoms with van der Waals surface area (Å²) < 4.78 is 0. The van der Waals surface area contributed by atoms with Gasteiger partial charge < -0.3 is 9.80 Å². The summed E-state index contributed by atoms with van der Waals surface area (Å²) in [4.78, 5) is 4.92. The van der Waals surface area contributed by atoms with E-state index in [4.69, 9.17) is 0 Å². The van der Waals surface area contributed by atoms with Crippen molar-refractivity contribution in [2.75, 3.05) is 9.80 Å². The van der Waals surface area contributed by atoms with Crippen LogP contribution in [-0.4, -0.2) is 0 Å². The van der Waals surface area contributed by atoms with E-state index in [1.54, 1.807) is 0 Å². The molecule has 20 aromatic rings. The van der Waals surface area contributed by atoms with Gasteiger partial charge in [0.05, 0.1) is 22.7 Å². The first kappa shape index (κ1) is 69.9. The highest BCUT2D eigenvalue weighted by atomic mass is 15.2. The first-order valence-corrected chi connectivity index (χ1v) is 39.9. The Labute approximate surface area is 678 Å². The summed E-state index contributed by atoms with van der Waals surface area (Å²) in [6.07, 6.45) is 0. The van der Waals surface area contributed by atoms with Crippen LogP contribution in [0.2, 0.25) is 0 Å². The Morgan fingerprint density at radius 3 is 0.922 bits per heavy atom. The summed E-state index contributed by atoms with van der Waals surface area (Å²) in [6.45, 7) is 0. The van der Waals surface area contributed by atoms with Gasteiger partial charge in [0, 0.05) is 33.5 Å². The van der Waals surface area contributed by atoms with Crippen molar-refractivity contribution in [1.29, 1.82) is 0 Å². The Balaban J connectivity index is 0.683. The highest BCUT2D eigenvalue weighted by molar-refractivity contribution is 6.07. The number of fused-ring (bicyclic) bond motifs is 3. The summed E-state index contributed by atoms with van der Waals surface area (Å²) in [5, 5.41) is 7.17. The fourth-order valence-electron chi connectivity index (χ4n) is 17.2. The highest BCUT2D eigenvalue weighted by Crippen LogP contribution is 2.51. The van der Waals surface area contributed by atoms with Gasteiger partial charge in [-0.1, -0.05) is 382 Å². The zero-order chi connectivity index (χ0) is 77.1. The van der Waals surface area contributed by atoms with Crippen molar-refractivity contribution in [3.63, 3.8) is 0 Å². The molecule has 0 atom stereocenters. The largest absolute Gasteiger partial charge is 0.309 e. The second-order valence-corrected chi connectivity index (χ2v) is 29.8. The molecule has 544 valence electrons. The van der Waals surface area contributed by atoms with Crippen molar-refractivity contribution in [2.24, 2.45) is 0 Å². The van der Waals surface area contributed by atoms with Gasteiger partial charge in [0.25, 0.3) is 0 Å². The smallest absolute Gasteiger partial charge is 0.0540 e. The second kappa shape index (κ2) is 31.2. The molecule has 2 nitrogen and oxygen atoms in total. The van der Waals surface area contributed by atoms with Gasteiger partial charge in [-0.15, -0.1) is 0 Å². The Morgan fingerprint density at radius 1 is 0.112 bits per heavy atom. The van der Waals surface area contributed by atoms with Gasteiger partial charge in [-0.25, -0.2) is 0 Å². The predicted molar refractivity (Wildman–Crippen MR) is 494 cm³/mol. The third-order valence-corrected chi connectivity index (χ3v) is 22.9. The lowest BCUT2D eigenvalue weighted by Crippen LogP contribution is -2.12. The van der Waals surface area contributed by atoms with Crippen molar-refractivity contribution in [2.45, 2.75) is 0 Å². The average Bonchev–Trinajstić information content (AvgIpc) is 0.760. The molecule has 2 heteroatoms. The van der Waals surface area contributed by atoms with E-state index >= 15 is 0 Å². The van der Waals surface area contributed by atoms with E-state index in [1.165, 1.54) is 71.3 Å². The zero-order valence-electron chi connectivity index (χ0n) is 63.9. The van der Waals surface area contributed by atoms with E-state index in [-0.39, 0.29) is 0 Å². The minimum absolute atomic E-state index is 1.05. The van der Waals surface area contributed by atoms with Crippen molar-refractivity contribution in [3.05, 3.63) is 473 Å². The van der Waals surface area contributed by atoms with E-state index in [9.17, 15) is 0 Å². The molecule has 116 heavy (non-hydrogen) atoms. The summed E-state index contributed by atoms with van der Waals surface area (Å²) in [7, 11) is 0. The van der Waals surface area contributed by atoms with Gasteiger partial charge in [-0.2, -0.15) is 0 Å². The number of para-hydroxylation sites is 1. The fraction of sp³-hybridized carbons (Fsp3) is 0. The molecule has 0 amide bonds. The van der Waals surface area contributed by atoms with Gasteiger partial charge in [-0.3, -0.25) is 0 Å². The van der Waals surface area contributed by atoms with Gasteiger partial charge in [-0.05, 0) is 235 Å². The van der Waals surface area contributed by atoms with Crippen molar-refractivity contribution >= 4 is 66.4 Å². The molecule has 0 saturated heterocycles. The summed E-state index contributed by atoms with van der Waals surface area (Å²) in [6, 6.07) is 174. The van der Waals surface area contributed by atoms with Gasteiger partial charge in [0.2, 0.25) is 0 Å². The first-order valence-electron chi connectivity index (χ1n) is 39.9. The number of benzene rings is 20. The minimum atomic E-state index is 1.05. The van der Waals surface area contributed by atoms with E-state index in [2.05, 4.69) is 483 Å². The normalized spacial score (nSPS) is 11.3. The molecule has 0 aromatic heterocycles. The Morgan fingerprint density at radius 2 is 0.397 bits per heavy atom. The molecule has 0 aliphatic carbocycles. The Hall–Kier alpha value is -15.2. The lowest BCUT2D eigenvalue weighted by molar-refractivity contribution is 1.28. The summed E-state index contributed by atoms with van der Waals surface area (Å²) >= 11 is 0. The lowest BCUT2D eigenvalue weighted by Gasteiger charge is -2.30. The third kappa shape index (κ3) is 13.7. The van der Waals surface area contributed by atoms with Crippen LogP contribution in [0.5, 0.6) is 0 Å². The summed E-state index contributed by atoms with van der Waals surface area (Å²) in [5.41, 5.74) is 34.1. The van der Waals surface area contributed by atoms with Crippen LogP contribution in [0.3, 0.4) is 0 Å². The van der Waals surface area contributed by atoms with Crippen LogP contribution in [0, 0.1) is 0 Å². The van der Waals surface area contributed by atoms with E-state index < -0.39 is 0 Å². The standard InChI is InChI=1S/C114H78N2/c1-7-30-79(31-8-1)93-62-70-113(106(74-93)87-38-15-5-16-39-87)115(111-54-26-25-52-103(111)85-36-13-4-14-37-85)97-64-58-81(59-65-97)92-61-69-102(83-34-11-3-12-35-83)109(77-92)110-78-96(73-95-44-21-23-50-100(95)110)90-48-27-47-89(72-90)94-63-71-114(107(75-94)88-40-17-6-18-41-88)116(112-55-29-46-86-43-20-24-51-104(86)112)98-66-56-80(57-67-98)91-60-68-101(82-32-9-2-10-33-82)108(76-91)105-53-28-45-84-42-19-22-49-99(84)105/h1-78H. The van der Waals surface area contributed by atoms with Crippen LogP contribution in [-0.2, 0) is 0 Å². The highest BCUT2D eigenvalue weighted by Gasteiger charge is 2.25. The van der Waals surface area contributed by atoms with E-state index in [1.807, 2.05) is 0 Å². The quantitative estimate of drug-likeness (QED) is 0.0845. The van der Waals surface area contributed by atoms with Crippen molar-refractivity contribution in [3.8, 4) is 134 Å². The number of anilines is 6. The van der Waals surface area contributed by atoms with Crippen LogP contribution in [0.1, 0.15) is 0 Å². The van der Waals surface area contributed by atoms with Crippen LogP contribution in [0.4, 0.5) is 34.1 Å². The fourth-order valence-corrected chi connectivity index (χ4v) is 17.2. The number of nitrogens with zero attached hydrogens (tertiary/aromatic N) is 2. The molecule has 20 aromatic carbocycles. The average molecular weight is 1480 g/mol. The monoisotopic (exact) mass is 1470 g/mol. The molecule has 0 fully saturated rings. The molecule has 0 heterocycles. The molecular weight excluding hydrogens is 1400 g/mol. The molecule has 0 aliphatic heterocycles. The molecule has 20 rings (SSSR count). The van der Waals surface area contributed by atoms with Crippen LogP contribution in [0.15, 0.2) is 473 Å². The van der Waals surface area contributed by atoms with Gasteiger partial charge in [0.15, 0.2) is 0 Å². The maximum Gasteiger partial charge on any atom is 0.0540 e. The number of hydrogen-bond donors (Lipinski definition) is 0. The third-order valence-electron chi connectivity index (χ3n) is 22.9. The van der Waals surface area contributed by atoms with Crippen LogP contribution >= 0.6 is 0 Å². The number of rotatable bonds is 18. The van der Waals surface area contributed by atoms with Crippen molar-refractivity contribution < 1.29 is 0 Å². The summed E-state index contributed by atoms with van der Waals surface area (Å²) in [5.74, 6) is 0. The van der Waals surface area contributed by atoms with Crippen molar-refractivity contribution in [1.82, 2.24) is 0 Å². The van der Waals surface area contributed by atoms with E-state index in [0.29, 0.717) is 0 Å². The second-order valence-electron chi connectivity index (χ2n) is 29.8. The molecule has 0 radical (unpaired) electrons. The maximum absolute atomic E-state index is 2.47. The first-order chi connectivity index (χ1) is 57.5. The minimum Gasteiger partial charge on any atom is -0.309 e. The number of hydrogen-bond acceptors (Lipinski definition) is 2. The zero-order valence-corrected chi connectivity index (χ0v) is 63.9. The molecule has 0 aliphatic rings. The SMILES string of the molecule is c1ccc(-c2ccc(N(c3ccc(-c4ccc(-c5ccccc5)c(-c5cc(-c6cccc(-c7ccc(N(c8ccc(-c9ccc(-c%10ccccc%10)c(-c%10cccc%11ccccc%10%11)c9)cc8)c8cccc9ccccc89)c(-c8ccccc8)c7)c6)cc6ccccc56)c4)cc3)c3ccccc3-c3ccccc3)c(-c3ccccc3)c2)cc1. The molecular formula is C114H78N2. The maximum atomic E-state index is 2.47. The van der Waals surface area contributed by atoms with Crippen LogP contribution < -0.4 is 9.80 Å². The predicted octanol–water partition coefficient (Wildman–Crippen LogP) is 32.1. The Kier molecular flexibility index (Phi) is 18.8. The van der Waals surface area contributed by atoms with Gasteiger partial charge >= 0.3 is 0 Å². The molecule has 0 unspecified atom stereocenters. The lowest BCUT2D eigenvalue weighted by atomic mass is 9.86. The molecule has 0 N–H and O–H groups in total. The van der Waals surface area contributed by atoms with Crippen LogP contribution in [0.25, 0.3) is 166 Å². The molecule has 0 spiro atoms. The Bertz CT molecular complexity index is 6950. The van der Waals surface area contributed by atoms with E-state index in [0.717, 1.165) is 129 Å². The molecule has 0 saturated carbocycles. The molecule has 0 bridgehead atoms.